The maximum atomic E-state index is 13.0. The highest BCUT2D eigenvalue weighted by Crippen LogP contribution is 2.35. The van der Waals surface area contributed by atoms with Crippen LogP contribution in [0.3, 0.4) is 0 Å². The number of aryl methyl sites for hydroxylation is 1. The van der Waals surface area contributed by atoms with Crippen molar-refractivity contribution in [3.8, 4) is 0 Å². The molecule has 8 heteroatoms. The lowest BCUT2D eigenvalue weighted by Gasteiger charge is -2.36. The molecule has 0 radical (unpaired) electrons. The van der Waals surface area contributed by atoms with Crippen molar-refractivity contribution in [1.82, 2.24) is 10.2 Å². The van der Waals surface area contributed by atoms with Crippen molar-refractivity contribution in [3.63, 3.8) is 0 Å². The summed E-state index contributed by atoms with van der Waals surface area (Å²) < 4.78 is 0. The van der Waals surface area contributed by atoms with E-state index >= 15 is 0 Å². The highest BCUT2D eigenvalue weighted by Gasteiger charge is 2.36. The maximum absolute atomic E-state index is 13.0. The topological polar surface area (TPSA) is 128 Å². The number of carbonyl (C=O) groups is 3. The lowest BCUT2D eigenvalue weighted by Crippen LogP contribution is -2.51. The first kappa shape index (κ1) is 23.8. The van der Waals surface area contributed by atoms with Gasteiger partial charge in [0.15, 0.2) is 0 Å². The van der Waals surface area contributed by atoms with Crippen LogP contribution in [-0.4, -0.2) is 53.5 Å². The molecule has 1 aromatic carbocycles. The number of nitrogens with zero attached hydrogens (tertiary/aromatic N) is 1. The number of carbonyl (C=O) groups excluding carboxylic acids is 3. The summed E-state index contributed by atoms with van der Waals surface area (Å²) in [7, 11) is 0. The molecule has 0 spiro atoms. The molecule has 0 aromatic heterocycles. The van der Waals surface area contributed by atoms with Gasteiger partial charge in [-0.1, -0.05) is 32.4 Å². The Hall–Kier alpha value is -2.90. The number of nitrogens with two attached hydrogens (primary N) is 1. The third-order valence-electron chi connectivity index (χ3n) is 6.55. The number of primary amides is 1. The van der Waals surface area contributed by atoms with Gasteiger partial charge in [-0.25, -0.2) is 0 Å². The van der Waals surface area contributed by atoms with Crippen LogP contribution in [0, 0.1) is 17.7 Å². The summed E-state index contributed by atoms with van der Waals surface area (Å²) in [5, 5.41) is 14.2. The Morgan fingerprint density at radius 1 is 1.22 bits per heavy atom. The van der Waals surface area contributed by atoms with Crippen LogP contribution in [-0.2, 0) is 14.4 Å². The molecular formula is C24H35N5O3. The van der Waals surface area contributed by atoms with Crippen molar-refractivity contribution in [3.05, 3.63) is 29.3 Å². The minimum atomic E-state index is -0.828. The van der Waals surface area contributed by atoms with Crippen LogP contribution in [0.2, 0.25) is 0 Å². The molecule has 2 aliphatic rings. The van der Waals surface area contributed by atoms with E-state index in [9.17, 15) is 14.4 Å². The Bertz CT molecular complexity index is 911. The average molecular weight is 442 g/mol. The molecule has 1 aromatic rings. The van der Waals surface area contributed by atoms with E-state index in [1.54, 1.807) is 23.1 Å². The first-order valence-corrected chi connectivity index (χ1v) is 11.4. The molecule has 8 nitrogen and oxygen atoms in total. The normalized spacial score (nSPS) is 22.3. The molecule has 2 unspecified atom stereocenters. The van der Waals surface area contributed by atoms with Gasteiger partial charge in [-0.3, -0.25) is 19.8 Å². The van der Waals surface area contributed by atoms with E-state index in [1.165, 1.54) is 6.42 Å². The van der Waals surface area contributed by atoms with Crippen LogP contribution in [0.25, 0.3) is 0 Å². The Labute approximate surface area is 189 Å². The van der Waals surface area contributed by atoms with Gasteiger partial charge in [0.25, 0.3) is 5.91 Å². The van der Waals surface area contributed by atoms with E-state index in [0.29, 0.717) is 24.2 Å². The smallest absolute Gasteiger partial charge is 0.267 e. The fourth-order valence-corrected chi connectivity index (χ4v) is 4.88. The second-order valence-corrected chi connectivity index (χ2v) is 9.85. The summed E-state index contributed by atoms with van der Waals surface area (Å²) in [6.45, 7) is 6.88. The number of hydrogen-bond donors (Lipinski definition) is 4. The minimum absolute atomic E-state index is 0.0251. The Kier molecular flexibility index (Phi) is 7.21. The zero-order valence-corrected chi connectivity index (χ0v) is 19.3. The van der Waals surface area contributed by atoms with Crippen LogP contribution >= 0.6 is 0 Å². The zero-order chi connectivity index (χ0) is 23.5. The van der Waals surface area contributed by atoms with Gasteiger partial charge >= 0.3 is 0 Å². The van der Waals surface area contributed by atoms with Crippen molar-refractivity contribution < 1.29 is 14.4 Å². The second kappa shape index (κ2) is 9.71. The van der Waals surface area contributed by atoms with Crippen LogP contribution < -0.4 is 16.4 Å². The summed E-state index contributed by atoms with van der Waals surface area (Å²) in [6.07, 6.45) is 5.68. The predicted octanol–water partition coefficient (Wildman–Crippen LogP) is 2.34. The molecule has 1 saturated heterocycles. The van der Waals surface area contributed by atoms with Crippen molar-refractivity contribution in [1.29, 1.82) is 5.41 Å². The molecule has 1 aliphatic carbocycles. The van der Waals surface area contributed by atoms with Crippen LogP contribution in [0.5, 0.6) is 0 Å². The van der Waals surface area contributed by atoms with E-state index in [1.807, 2.05) is 6.92 Å². The van der Waals surface area contributed by atoms with Gasteiger partial charge < -0.3 is 21.3 Å². The standard InChI is InChI=1S/C24H35N5O3/c1-15-8-9-17(21(25)22(26)31)18(12-15)27-14-20(30)29-11-5-7-19(29)23(32)28-16-6-4-10-24(2,3)13-16/h8-9,12,16,19,25,27H,4-7,10-11,13-14H2,1-3H3,(H2,26,31)(H,28,32). The van der Waals surface area contributed by atoms with Gasteiger partial charge in [-0.05, 0) is 56.1 Å². The van der Waals surface area contributed by atoms with Crippen LogP contribution in [0.4, 0.5) is 5.69 Å². The number of benzene rings is 1. The molecule has 1 heterocycles. The molecule has 0 bridgehead atoms. The van der Waals surface area contributed by atoms with Crippen LogP contribution in [0.1, 0.15) is 63.5 Å². The summed E-state index contributed by atoms with van der Waals surface area (Å²) in [5.74, 6) is -1.07. The third kappa shape index (κ3) is 5.66. The highest BCUT2D eigenvalue weighted by atomic mass is 16.2. The molecule has 5 N–H and O–H groups in total. The Balaban J connectivity index is 1.63. The molecule has 1 saturated carbocycles. The van der Waals surface area contributed by atoms with Crippen molar-refractivity contribution in [2.24, 2.45) is 11.1 Å². The lowest BCUT2D eigenvalue weighted by molar-refractivity contribution is -0.137. The maximum Gasteiger partial charge on any atom is 0.267 e. The lowest BCUT2D eigenvalue weighted by atomic mass is 9.75. The van der Waals surface area contributed by atoms with E-state index in [0.717, 1.165) is 31.2 Å². The van der Waals surface area contributed by atoms with Gasteiger partial charge in [0, 0.05) is 23.8 Å². The molecule has 174 valence electrons. The van der Waals surface area contributed by atoms with Gasteiger partial charge in [-0.15, -0.1) is 0 Å². The third-order valence-corrected chi connectivity index (χ3v) is 6.55. The molecular weight excluding hydrogens is 406 g/mol. The fraction of sp³-hybridized carbons (Fsp3) is 0.583. The van der Waals surface area contributed by atoms with Crippen molar-refractivity contribution in [2.75, 3.05) is 18.4 Å². The number of amides is 3. The van der Waals surface area contributed by atoms with Crippen molar-refractivity contribution in [2.45, 2.75) is 71.4 Å². The first-order chi connectivity index (χ1) is 15.1. The number of hydrogen-bond acceptors (Lipinski definition) is 5. The summed E-state index contributed by atoms with van der Waals surface area (Å²) in [6, 6.07) is 4.92. The second-order valence-electron chi connectivity index (χ2n) is 9.85. The molecule has 2 fully saturated rings. The highest BCUT2D eigenvalue weighted by molar-refractivity contribution is 6.44. The van der Waals surface area contributed by atoms with Gasteiger partial charge in [-0.2, -0.15) is 0 Å². The molecule has 3 rings (SSSR count). The monoisotopic (exact) mass is 441 g/mol. The van der Waals surface area contributed by atoms with Gasteiger partial charge in [0.05, 0.1) is 6.54 Å². The van der Waals surface area contributed by atoms with E-state index in [2.05, 4.69) is 24.5 Å². The number of nitrogens with one attached hydrogen (secondary N) is 3. The molecule has 32 heavy (non-hydrogen) atoms. The first-order valence-electron chi connectivity index (χ1n) is 11.4. The summed E-state index contributed by atoms with van der Waals surface area (Å²) >= 11 is 0. The number of rotatable bonds is 7. The number of anilines is 1. The SMILES string of the molecule is Cc1ccc(C(=N)C(N)=O)c(NCC(=O)N2CCCC2C(=O)NC2CCCC(C)(C)C2)c1. The quantitative estimate of drug-likeness (QED) is 0.484. The van der Waals surface area contributed by atoms with Crippen LogP contribution in [0.15, 0.2) is 18.2 Å². The van der Waals surface area contributed by atoms with E-state index in [-0.39, 0.29) is 35.5 Å². The van der Waals surface area contributed by atoms with Crippen molar-refractivity contribution >= 4 is 29.1 Å². The Morgan fingerprint density at radius 2 is 1.97 bits per heavy atom. The Morgan fingerprint density at radius 3 is 2.66 bits per heavy atom. The minimum Gasteiger partial charge on any atom is -0.376 e. The summed E-state index contributed by atoms with van der Waals surface area (Å²) in [5.41, 5.74) is 6.97. The predicted molar refractivity (Wildman–Crippen MR) is 125 cm³/mol. The summed E-state index contributed by atoms with van der Waals surface area (Å²) in [4.78, 5) is 39.0. The average Bonchev–Trinajstić information content (AvgIpc) is 3.21. The zero-order valence-electron chi connectivity index (χ0n) is 19.3. The fourth-order valence-electron chi connectivity index (χ4n) is 4.88. The van der Waals surface area contributed by atoms with Gasteiger partial charge in [0.1, 0.15) is 11.8 Å². The van der Waals surface area contributed by atoms with Gasteiger partial charge in [0.2, 0.25) is 11.8 Å². The van der Waals surface area contributed by atoms with E-state index < -0.39 is 11.9 Å². The largest absolute Gasteiger partial charge is 0.376 e. The molecule has 3 amide bonds. The van der Waals surface area contributed by atoms with E-state index in [4.69, 9.17) is 11.1 Å². The molecule has 1 aliphatic heterocycles. The number of likely N-dealkylation sites (tertiary alicyclic amines) is 1. The molecule has 2 atom stereocenters.